The van der Waals surface area contributed by atoms with E-state index >= 15 is 0 Å². The molecule has 0 aliphatic heterocycles. The van der Waals surface area contributed by atoms with E-state index in [1.807, 2.05) is 0 Å². The summed E-state index contributed by atoms with van der Waals surface area (Å²) in [5.74, 6) is -0.603. The van der Waals surface area contributed by atoms with Crippen molar-refractivity contribution in [2.45, 2.75) is 18.9 Å². The second-order valence-corrected chi connectivity index (χ2v) is 3.37. The minimum atomic E-state index is -2.65. The Morgan fingerprint density at radius 2 is 2.00 bits per heavy atom. The Morgan fingerprint density at radius 3 is 2.50 bits per heavy atom. The lowest BCUT2D eigenvalue weighted by Crippen LogP contribution is -2.31. The van der Waals surface area contributed by atoms with Gasteiger partial charge in [0.15, 0.2) is 0 Å². The van der Waals surface area contributed by atoms with Crippen molar-refractivity contribution in [2.24, 2.45) is 5.73 Å². The van der Waals surface area contributed by atoms with Gasteiger partial charge in [0.05, 0.1) is 6.04 Å². The molecule has 0 aliphatic carbocycles. The van der Waals surface area contributed by atoms with E-state index < -0.39 is 18.3 Å². The van der Waals surface area contributed by atoms with Crippen LogP contribution in [0.25, 0.3) is 0 Å². The summed E-state index contributed by atoms with van der Waals surface area (Å²) in [6, 6.07) is 2.54. The van der Waals surface area contributed by atoms with Gasteiger partial charge in [0, 0.05) is 5.02 Å². The standard InChI is InChI=1S/C9H9ClF3N/c10-6-2-1-5(7(11)4-6)3-8(14)9(12)13/h1-2,4,8-9H,3,14H2. The molecular weight excluding hydrogens is 215 g/mol. The monoisotopic (exact) mass is 223 g/mol. The van der Waals surface area contributed by atoms with Gasteiger partial charge in [0.2, 0.25) is 0 Å². The largest absolute Gasteiger partial charge is 0.323 e. The molecule has 5 heteroatoms. The molecule has 0 radical (unpaired) electrons. The smallest absolute Gasteiger partial charge is 0.253 e. The highest BCUT2D eigenvalue weighted by Gasteiger charge is 2.17. The van der Waals surface area contributed by atoms with E-state index in [1.165, 1.54) is 12.1 Å². The van der Waals surface area contributed by atoms with Gasteiger partial charge in [0.25, 0.3) is 6.43 Å². The highest BCUT2D eigenvalue weighted by molar-refractivity contribution is 6.30. The summed E-state index contributed by atoms with van der Waals surface area (Å²) in [4.78, 5) is 0. The Kier molecular flexibility index (Phi) is 3.77. The van der Waals surface area contributed by atoms with Crippen LogP contribution in [0.3, 0.4) is 0 Å². The number of nitrogens with two attached hydrogens (primary N) is 1. The van der Waals surface area contributed by atoms with Crippen molar-refractivity contribution >= 4 is 11.6 Å². The Hall–Kier alpha value is -0.740. The van der Waals surface area contributed by atoms with Crippen LogP contribution in [0.2, 0.25) is 5.02 Å². The normalized spacial score (nSPS) is 13.3. The Morgan fingerprint density at radius 1 is 1.36 bits per heavy atom. The highest BCUT2D eigenvalue weighted by atomic mass is 35.5. The number of benzene rings is 1. The van der Waals surface area contributed by atoms with Gasteiger partial charge in [-0.2, -0.15) is 0 Å². The van der Waals surface area contributed by atoms with Crippen LogP contribution in [-0.2, 0) is 6.42 Å². The predicted octanol–water partition coefficient (Wildman–Crippen LogP) is 2.61. The second kappa shape index (κ2) is 4.66. The molecule has 0 saturated carbocycles. The summed E-state index contributed by atoms with van der Waals surface area (Å²) >= 11 is 5.50. The highest BCUT2D eigenvalue weighted by Crippen LogP contribution is 2.16. The summed E-state index contributed by atoms with van der Waals surface area (Å²) < 4.78 is 37.2. The molecule has 1 aromatic rings. The van der Waals surface area contributed by atoms with Crippen LogP contribution in [0.15, 0.2) is 18.2 Å². The predicted molar refractivity (Wildman–Crippen MR) is 49.1 cm³/mol. The molecule has 0 spiro atoms. The van der Waals surface area contributed by atoms with Crippen LogP contribution >= 0.6 is 11.6 Å². The number of hydrogen-bond donors (Lipinski definition) is 1. The number of rotatable bonds is 3. The van der Waals surface area contributed by atoms with Crippen molar-refractivity contribution < 1.29 is 13.2 Å². The van der Waals surface area contributed by atoms with Gasteiger partial charge in [-0.1, -0.05) is 17.7 Å². The maximum atomic E-state index is 13.1. The zero-order chi connectivity index (χ0) is 10.7. The molecule has 0 bridgehead atoms. The molecule has 0 amide bonds. The average Bonchev–Trinajstić information content (AvgIpc) is 2.09. The Bertz CT molecular complexity index is 317. The van der Waals surface area contributed by atoms with Gasteiger partial charge < -0.3 is 5.73 Å². The van der Waals surface area contributed by atoms with Crippen molar-refractivity contribution in [1.29, 1.82) is 0 Å². The Labute approximate surface area is 84.7 Å². The molecular formula is C9H9ClF3N. The topological polar surface area (TPSA) is 26.0 Å². The van der Waals surface area contributed by atoms with E-state index in [2.05, 4.69) is 0 Å². The van der Waals surface area contributed by atoms with Crippen molar-refractivity contribution in [2.75, 3.05) is 0 Å². The Balaban J connectivity index is 2.77. The van der Waals surface area contributed by atoms with Crippen LogP contribution in [0, 0.1) is 5.82 Å². The average molecular weight is 224 g/mol. The summed E-state index contributed by atoms with van der Waals surface area (Å²) in [6.45, 7) is 0. The van der Waals surface area contributed by atoms with E-state index in [1.54, 1.807) is 0 Å². The first-order valence-corrected chi connectivity index (χ1v) is 4.36. The quantitative estimate of drug-likeness (QED) is 0.838. The molecule has 0 aromatic heterocycles. The minimum Gasteiger partial charge on any atom is -0.323 e. The zero-order valence-corrected chi connectivity index (χ0v) is 7.94. The van der Waals surface area contributed by atoms with Crippen LogP contribution in [0.1, 0.15) is 5.56 Å². The molecule has 14 heavy (non-hydrogen) atoms. The molecule has 1 aromatic carbocycles. The van der Waals surface area contributed by atoms with Crippen LogP contribution in [0.4, 0.5) is 13.2 Å². The summed E-state index contributed by atoms with van der Waals surface area (Å²) in [5, 5.41) is 0.233. The maximum Gasteiger partial charge on any atom is 0.253 e. The van der Waals surface area contributed by atoms with Gasteiger partial charge >= 0.3 is 0 Å². The third kappa shape index (κ3) is 2.89. The third-order valence-electron chi connectivity index (χ3n) is 1.79. The fourth-order valence-corrected chi connectivity index (χ4v) is 1.19. The zero-order valence-electron chi connectivity index (χ0n) is 7.18. The molecule has 78 valence electrons. The van der Waals surface area contributed by atoms with E-state index in [4.69, 9.17) is 17.3 Å². The van der Waals surface area contributed by atoms with E-state index in [-0.39, 0.29) is 17.0 Å². The SMILES string of the molecule is NC(Cc1ccc(Cl)cc1F)C(F)F. The van der Waals surface area contributed by atoms with E-state index in [0.29, 0.717) is 0 Å². The van der Waals surface area contributed by atoms with Gasteiger partial charge in [0.1, 0.15) is 5.82 Å². The first-order valence-electron chi connectivity index (χ1n) is 3.98. The summed E-state index contributed by atoms with van der Waals surface area (Å²) in [6.07, 6.45) is -2.84. The van der Waals surface area contributed by atoms with Gasteiger partial charge in [-0.05, 0) is 24.1 Å². The third-order valence-corrected chi connectivity index (χ3v) is 2.03. The summed E-state index contributed by atoms with van der Waals surface area (Å²) in [7, 11) is 0. The molecule has 2 N–H and O–H groups in total. The van der Waals surface area contributed by atoms with E-state index in [0.717, 1.165) is 6.07 Å². The fraction of sp³-hybridized carbons (Fsp3) is 0.333. The molecule has 1 rings (SSSR count). The number of halogens is 4. The van der Waals surface area contributed by atoms with Crippen molar-refractivity contribution in [3.63, 3.8) is 0 Å². The van der Waals surface area contributed by atoms with Gasteiger partial charge in [-0.15, -0.1) is 0 Å². The molecule has 0 aliphatic rings. The second-order valence-electron chi connectivity index (χ2n) is 2.94. The number of hydrogen-bond acceptors (Lipinski definition) is 1. The van der Waals surface area contributed by atoms with Gasteiger partial charge in [-0.3, -0.25) is 0 Å². The fourth-order valence-electron chi connectivity index (χ4n) is 1.03. The van der Waals surface area contributed by atoms with Crippen LogP contribution in [-0.4, -0.2) is 12.5 Å². The lowest BCUT2D eigenvalue weighted by molar-refractivity contribution is 0.115. The van der Waals surface area contributed by atoms with Crippen LogP contribution < -0.4 is 5.73 Å². The van der Waals surface area contributed by atoms with E-state index in [9.17, 15) is 13.2 Å². The first-order chi connectivity index (χ1) is 6.50. The maximum absolute atomic E-state index is 13.1. The molecule has 1 nitrogen and oxygen atoms in total. The molecule has 0 fully saturated rings. The lowest BCUT2D eigenvalue weighted by Gasteiger charge is -2.10. The van der Waals surface area contributed by atoms with Crippen LogP contribution in [0.5, 0.6) is 0 Å². The minimum absolute atomic E-state index is 0.155. The van der Waals surface area contributed by atoms with Gasteiger partial charge in [-0.25, -0.2) is 13.2 Å². The number of alkyl halides is 2. The first kappa shape index (κ1) is 11.3. The molecule has 0 saturated heterocycles. The van der Waals surface area contributed by atoms with Crippen molar-refractivity contribution in [3.8, 4) is 0 Å². The lowest BCUT2D eigenvalue weighted by atomic mass is 10.1. The molecule has 1 unspecified atom stereocenters. The molecule has 0 heterocycles. The molecule has 1 atom stereocenters. The van der Waals surface area contributed by atoms with Crippen molar-refractivity contribution in [1.82, 2.24) is 0 Å². The summed E-state index contributed by atoms with van der Waals surface area (Å²) in [5.41, 5.74) is 5.26. The van der Waals surface area contributed by atoms with Crippen molar-refractivity contribution in [3.05, 3.63) is 34.6 Å².